The fourth-order valence-corrected chi connectivity index (χ4v) is 2.18. The molecule has 0 atom stereocenters. The molecular formula is C10H7N5O2S. The van der Waals surface area contributed by atoms with Crippen molar-refractivity contribution in [1.82, 2.24) is 15.0 Å². The lowest BCUT2D eigenvalue weighted by Crippen LogP contribution is -1.86. The molecule has 0 aliphatic carbocycles. The minimum Gasteiger partial charge on any atom is -0.375 e. The van der Waals surface area contributed by atoms with Crippen molar-refractivity contribution in [2.45, 2.75) is 0 Å². The molecule has 18 heavy (non-hydrogen) atoms. The molecule has 3 rings (SSSR count). The summed E-state index contributed by atoms with van der Waals surface area (Å²) in [7, 11) is 0. The molecule has 0 saturated carbocycles. The van der Waals surface area contributed by atoms with Crippen LogP contribution in [0.15, 0.2) is 23.6 Å². The molecule has 0 bridgehead atoms. The lowest BCUT2D eigenvalue weighted by atomic mass is 10.3. The molecule has 0 radical (unpaired) electrons. The highest BCUT2D eigenvalue weighted by molar-refractivity contribution is 7.13. The number of non-ortho nitro benzene ring substituents is 1. The second-order valence-electron chi connectivity index (χ2n) is 3.61. The maximum Gasteiger partial charge on any atom is 0.271 e. The summed E-state index contributed by atoms with van der Waals surface area (Å²) in [5, 5.41) is 12.9. The molecule has 0 aliphatic rings. The maximum absolute atomic E-state index is 10.7. The molecule has 1 aromatic carbocycles. The van der Waals surface area contributed by atoms with Crippen molar-refractivity contribution in [3.8, 4) is 11.5 Å². The van der Waals surface area contributed by atoms with Gasteiger partial charge in [-0.15, -0.1) is 11.3 Å². The fraction of sp³-hybridized carbons (Fsp3) is 0. The number of hydrogen-bond acceptors (Lipinski definition) is 6. The first-order valence-corrected chi connectivity index (χ1v) is 5.87. The Morgan fingerprint density at radius 1 is 1.39 bits per heavy atom. The van der Waals surface area contributed by atoms with Gasteiger partial charge in [0.1, 0.15) is 5.69 Å². The van der Waals surface area contributed by atoms with Crippen LogP contribution in [0.2, 0.25) is 0 Å². The minimum atomic E-state index is -0.444. The number of hydrogen-bond donors (Lipinski definition) is 2. The van der Waals surface area contributed by atoms with Gasteiger partial charge in [-0.2, -0.15) is 0 Å². The Hall–Kier alpha value is -2.48. The first kappa shape index (κ1) is 10.7. The van der Waals surface area contributed by atoms with Crippen LogP contribution in [0.3, 0.4) is 0 Å². The number of H-pyrrole nitrogens is 1. The topological polar surface area (TPSA) is 111 Å². The van der Waals surface area contributed by atoms with E-state index in [0.29, 0.717) is 27.7 Å². The van der Waals surface area contributed by atoms with Crippen molar-refractivity contribution in [2.24, 2.45) is 0 Å². The Labute approximate surface area is 104 Å². The van der Waals surface area contributed by atoms with Gasteiger partial charge in [0.2, 0.25) is 0 Å². The number of nitrogen functional groups attached to an aromatic ring is 1. The Bertz CT molecular complexity index is 748. The summed E-state index contributed by atoms with van der Waals surface area (Å²) >= 11 is 1.32. The van der Waals surface area contributed by atoms with E-state index < -0.39 is 4.92 Å². The lowest BCUT2D eigenvalue weighted by Gasteiger charge is -1.89. The summed E-state index contributed by atoms with van der Waals surface area (Å²) in [5.41, 5.74) is 7.47. The summed E-state index contributed by atoms with van der Waals surface area (Å²) in [4.78, 5) is 21.6. The number of nitrogens with two attached hydrogens (primary N) is 1. The highest BCUT2D eigenvalue weighted by atomic mass is 32.1. The average Bonchev–Trinajstić information content (AvgIpc) is 2.93. The number of fused-ring (bicyclic) bond motifs is 1. The number of benzene rings is 1. The van der Waals surface area contributed by atoms with E-state index in [1.54, 1.807) is 11.4 Å². The zero-order valence-corrected chi connectivity index (χ0v) is 9.77. The summed E-state index contributed by atoms with van der Waals surface area (Å²) in [6.45, 7) is 0. The van der Waals surface area contributed by atoms with E-state index in [0.717, 1.165) is 0 Å². The molecule has 0 amide bonds. The van der Waals surface area contributed by atoms with Crippen molar-refractivity contribution in [2.75, 3.05) is 5.73 Å². The molecule has 3 aromatic rings. The van der Waals surface area contributed by atoms with Crippen molar-refractivity contribution in [1.29, 1.82) is 0 Å². The van der Waals surface area contributed by atoms with Gasteiger partial charge in [-0.3, -0.25) is 10.1 Å². The van der Waals surface area contributed by atoms with Crippen molar-refractivity contribution < 1.29 is 4.92 Å². The average molecular weight is 261 g/mol. The van der Waals surface area contributed by atoms with Gasteiger partial charge in [-0.1, -0.05) is 0 Å². The van der Waals surface area contributed by atoms with E-state index in [2.05, 4.69) is 15.0 Å². The number of nitrogens with zero attached hydrogens (tertiary/aromatic N) is 3. The third kappa shape index (κ3) is 1.68. The van der Waals surface area contributed by atoms with Gasteiger partial charge in [0.15, 0.2) is 11.0 Å². The highest BCUT2D eigenvalue weighted by Gasteiger charge is 2.12. The quantitative estimate of drug-likeness (QED) is 0.542. The number of thiazole rings is 1. The Balaban J connectivity index is 2.13. The number of nitro groups is 1. The molecular weight excluding hydrogens is 254 g/mol. The van der Waals surface area contributed by atoms with E-state index in [1.807, 2.05) is 0 Å². The third-order valence-corrected chi connectivity index (χ3v) is 3.11. The molecule has 0 unspecified atom stereocenters. The fourth-order valence-electron chi connectivity index (χ4n) is 1.63. The normalized spacial score (nSPS) is 10.9. The minimum absolute atomic E-state index is 0.0236. The summed E-state index contributed by atoms with van der Waals surface area (Å²) in [5.74, 6) is 0.554. The van der Waals surface area contributed by atoms with E-state index in [9.17, 15) is 10.1 Å². The van der Waals surface area contributed by atoms with Crippen LogP contribution in [0.4, 0.5) is 10.8 Å². The standard InChI is InChI=1S/C10H7N5O2S/c11-10-14-8(4-18-10)9-12-6-2-1-5(15(16)17)3-7(6)13-9/h1-4H,(H2,11,14)(H,12,13). The third-order valence-electron chi connectivity index (χ3n) is 2.44. The second-order valence-corrected chi connectivity index (χ2v) is 4.50. The zero-order chi connectivity index (χ0) is 12.7. The number of nitro benzene ring substituents is 1. The van der Waals surface area contributed by atoms with Crippen LogP contribution in [0, 0.1) is 10.1 Å². The molecule has 2 heterocycles. The molecule has 90 valence electrons. The van der Waals surface area contributed by atoms with E-state index in [4.69, 9.17) is 5.73 Å². The monoisotopic (exact) mass is 261 g/mol. The highest BCUT2D eigenvalue weighted by Crippen LogP contribution is 2.25. The zero-order valence-electron chi connectivity index (χ0n) is 8.95. The van der Waals surface area contributed by atoms with Crippen molar-refractivity contribution >= 4 is 33.2 Å². The van der Waals surface area contributed by atoms with E-state index in [-0.39, 0.29) is 5.69 Å². The van der Waals surface area contributed by atoms with Crippen LogP contribution in [-0.2, 0) is 0 Å². The Kier molecular flexibility index (Phi) is 2.23. The van der Waals surface area contributed by atoms with Gasteiger partial charge in [-0.05, 0) is 6.07 Å². The summed E-state index contributed by atoms with van der Waals surface area (Å²) in [6, 6.07) is 4.47. The SMILES string of the molecule is Nc1nc(-c2nc3ccc([N+](=O)[O-])cc3[nH]2)cs1. The number of rotatable bonds is 2. The van der Waals surface area contributed by atoms with Crippen LogP contribution in [-0.4, -0.2) is 19.9 Å². The Morgan fingerprint density at radius 2 is 2.22 bits per heavy atom. The van der Waals surface area contributed by atoms with Crippen molar-refractivity contribution in [3.63, 3.8) is 0 Å². The van der Waals surface area contributed by atoms with Gasteiger partial charge in [0.25, 0.3) is 5.69 Å². The van der Waals surface area contributed by atoms with Crippen LogP contribution in [0.25, 0.3) is 22.6 Å². The van der Waals surface area contributed by atoms with Crippen molar-refractivity contribution in [3.05, 3.63) is 33.7 Å². The summed E-state index contributed by atoms with van der Waals surface area (Å²) in [6.07, 6.45) is 0. The molecule has 0 fully saturated rings. The van der Waals surface area contributed by atoms with Crippen LogP contribution in [0.5, 0.6) is 0 Å². The number of aromatic amines is 1. The second kappa shape index (κ2) is 3.77. The predicted molar refractivity (Wildman–Crippen MR) is 68.3 cm³/mol. The molecule has 0 aliphatic heterocycles. The van der Waals surface area contributed by atoms with Crippen LogP contribution < -0.4 is 5.73 Å². The first-order chi connectivity index (χ1) is 8.63. The molecule has 0 spiro atoms. The summed E-state index contributed by atoms with van der Waals surface area (Å²) < 4.78 is 0. The molecule has 2 aromatic heterocycles. The largest absolute Gasteiger partial charge is 0.375 e. The van der Waals surface area contributed by atoms with Gasteiger partial charge < -0.3 is 10.7 Å². The van der Waals surface area contributed by atoms with Gasteiger partial charge >= 0.3 is 0 Å². The molecule has 0 saturated heterocycles. The number of aromatic nitrogens is 3. The van der Waals surface area contributed by atoms with Gasteiger partial charge in [0.05, 0.1) is 16.0 Å². The number of anilines is 1. The number of imidazole rings is 1. The number of nitrogens with one attached hydrogen (secondary N) is 1. The van der Waals surface area contributed by atoms with Gasteiger partial charge in [0, 0.05) is 17.5 Å². The van der Waals surface area contributed by atoms with E-state index >= 15 is 0 Å². The molecule has 3 N–H and O–H groups in total. The van der Waals surface area contributed by atoms with E-state index in [1.165, 1.54) is 23.5 Å². The molecule has 7 nitrogen and oxygen atoms in total. The first-order valence-electron chi connectivity index (χ1n) is 4.99. The lowest BCUT2D eigenvalue weighted by molar-refractivity contribution is -0.384. The smallest absolute Gasteiger partial charge is 0.271 e. The van der Waals surface area contributed by atoms with Crippen LogP contribution in [0.1, 0.15) is 0 Å². The van der Waals surface area contributed by atoms with Crippen LogP contribution >= 0.6 is 11.3 Å². The maximum atomic E-state index is 10.7. The Morgan fingerprint density at radius 3 is 2.89 bits per heavy atom. The predicted octanol–water partition coefficient (Wildman–Crippen LogP) is 2.18. The molecule has 8 heteroatoms. The van der Waals surface area contributed by atoms with Gasteiger partial charge in [-0.25, -0.2) is 9.97 Å².